The molecule has 0 aliphatic heterocycles. The van der Waals surface area contributed by atoms with E-state index < -0.39 is 0 Å². The molecule has 0 aliphatic rings. The van der Waals surface area contributed by atoms with Crippen molar-refractivity contribution in [3.8, 4) is 11.4 Å². The third kappa shape index (κ3) is 5.87. The second kappa shape index (κ2) is 10.2. The van der Waals surface area contributed by atoms with Crippen LogP contribution in [0.15, 0.2) is 73.1 Å². The monoisotopic (exact) mass is 378 g/mol. The van der Waals surface area contributed by atoms with E-state index in [0.717, 1.165) is 24.3 Å². The lowest BCUT2D eigenvalue weighted by Gasteiger charge is -2.18. The number of nitrogens with zero attached hydrogens (tertiary/aromatic N) is 3. The number of urea groups is 1. The van der Waals surface area contributed by atoms with Gasteiger partial charge < -0.3 is 15.0 Å². The van der Waals surface area contributed by atoms with Crippen LogP contribution in [0.2, 0.25) is 0 Å². The van der Waals surface area contributed by atoms with Gasteiger partial charge in [-0.2, -0.15) is 5.10 Å². The van der Waals surface area contributed by atoms with Gasteiger partial charge in [-0.05, 0) is 48.7 Å². The highest BCUT2D eigenvalue weighted by Crippen LogP contribution is 2.09. The SMILES string of the molecule is CN(CCCOc1ccccc1)C(=O)NCCc1ccc(-n2cccn2)cc1. The van der Waals surface area contributed by atoms with E-state index in [9.17, 15) is 4.79 Å². The number of rotatable bonds is 9. The van der Waals surface area contributed by atoms with Crippen molar-refractivity contribution in [3.05, 3.63) is 78.6 Å². The lowest BCUT2D eigenvalue weighted by atomic mass is 10.1. The van der Waals surface area contributed by atoms with E-state index >= 15 is 0 Å². The summed E-state index contributed by atoms with van der Waals surface area (Å²) in [6, 6.07) is 19.7. The van der Waals surface area contributed by atoms with Crippen molar-refractivity contribution in [2.24, 2.45) is 0 Å². The number of carbonyl (C=O) groups is 1. The molecule has 146 valence electrons. The fourth-order valence-electron chi connectivity index (χ4n) is 2.80. The minimum absolute atomic E-state index is 0.0622. The van der Waals surface area contributed by atoms with Gasteiger partial charge in [-0.1, -0.05) is 30.3 Å². The summed E-state index contributed by atoms with van der Waals surface area (Å²) in [4.78, 5) is 13.9. The van der Waals surface area contributed by atoms with E-state index in [4.69, 9.17) is 4.74 Å². The van der Waals surface area contributed by atoms with Crippen molar-refractivity contribution in [2.75, 3.05) is 26.7 Å². The van der Waals surface area contributed by atoms with Crippen LogP contribution in [0.5, 0.6) is 5.75 Å². The fraction of sp³-hybridized carbons (Fsp3) is 0.273. The summed E-state index contributed by atoms with van der Waals surface area (Å²) in [6.07, 6.45) is 5.24. The average Bonchev–Trinajstić information content (AvgIpc) is 3.27. The zero-order valence-electron chi connectivity index (χ0n) is 16.1. The molecule has 0 bridgehead atoms. The van der Waals surface area contributed by atoms with Gasteiger partial charge in [-0.15, -0.1) is 0 Å². The summed E-state index contributed by atoms with van der Waals surface area (Å²) in [5.74, 6) is 0.855. The van der Waals surface area contributed by atoms with Gasteiger partial charge in [0.25, 0.3) is 0 Å². The number of ether oxygens (including phenoxy) is 1. The maximum absolute atomic E-state index is 12.2. The van der Waals surface area contributed by atoms with Crippen molar-refractivity contribution in [3.63, 3.8) is 0 Å². The Morgan fingerprint density at radius 2 is 1.89 bits per heavy atom. The maximum Gasteiger partial charge on any atom is 0.317 e. The first-order valence-electron chi connectivity index (χ1n) is 9.48. The highest BCUT2D eigenvalue weighted by molar-refractivity contribution is 5.73. The molecule has 0 saturated carbocycles. The summed E-state index contributed by atoms with van der Waals surface area (Å²) < 4.78 is 7.47. The van der Waals surface area contributed by atoms with Gasteiger partial charge in [0, 0.05) is 32.5 Å². The smallest absolute Gasteiger partial charge is 0.317 e. The summed E-state index contributed by atoms with van der Waals surface area (Å²) in [7, 11) is 1.80. The van der Waals surface area contributed by atoms with Gasteiger partial charge in [0.15, 0.2) is 0 Å². The van der Waals surface area contributed by atoms with Crippen LogP contribution in [-0.2, 0) is 6.42 Å². The standard InChI is InChI=1S/C22H26N4O2/c1-25(16-6-18-28-21-7-3-2-4-8-21)22(27)23-15-13-19-9-11-20(12-10-19)26-17-5-14-24-26/h2-5,7-12,14,17H,6,13,15-16,18H2,1H3,(H,23,27). The van der Waals surface area contributed by atoms with Crippen LogP contribution in [0.4, 0.5) is 4.79 Å². The van der Waals surface area contributed by atoms with E-state index in [1.165, 1.54) is 5.56 Å². The number of aromatic nitrogens is 2. The van der Waals surface area contributed by atoms with Crippen LogP contribution in [0, 0.1) is 0 Å². The Morgan fingerprint density at radius 1 is 1.11 bits per heavy atom. The molecule has 1 heterocycles. The minimum Gasteiger partial charge on any atom is -0.494 e. The molecule has 1 aromatic heterocycles. The zero-order chi connectivity index (χ0) is 19.6. The normalized spacial score (nSPS) is 10.5. The van der Waals surface area contributed by atoms with E-state index in [1.807, 2.05) is 59.4 Å². The molecule has 0 radical (unpaired) electrons. The number of amides is 2. The largest absolute Gasteiger partial charge is 0.494 e. The number of nitrogens with one attached hydrogen (secondary N) is 1. The molecule has 2 amide bonds. The number of benzene rings is 2. The highest BCUT2D eigenvalue weighted by atomic mass is 16.5. The molecule has 3 rings (SSSR count). The van der Waals surface area contributed by atoms with E-state index in [0.29, 0.717) is 19.7 Å². The van der Waals surface area contributed by atoms with Crippen molar-refractivity contribution in [1.82, 2.24) is 20.0 Å². The third-order valence-corrected chi connectivity index (χ3v) is 4.39. The first-order chi connectivity index (χ1) is 13.7. The van der Waals surface area contributed by atoms with Crippen LogP contribution in [0.3, 0.4) is 0 Å². The van der Waals surface area contributed by atoms with Crippen molar-refractivity contribution < 1.29 is 9.53 Å². The molecule has 6 heteroatoms. The average molecular weight is 378 g/mol. The Labute approximate surface area is 165 Å². The molecule has 0 unspecified atom stereocenters. The first-order valence-corrected chi connectivity index (χ1v) is 9.48. The van der Waals surface area contributed by atoms with Gasteiger partial charge in [0.05, 0.1) is 12.3 Å². The first kappa shape index (κ1) is 19.5. The van der Waals surface area contributed by atoms with Crippen LogP contribution >= 0.6 is 0 Å². The van der Waals surface area contributed by atoms with Crippen LogP contribution in [0.25, 0.3) is 5.69 Å². The Hall–Kier alpha value is -3.28. The van der Waals surface area contributed by atoms with Crippen molar-refractivity contribution in [1.29, 1.82) is 0 Å². The quantitative estimate of drug-likeness (QED) is 0.580. The Morgan fingerprint density at radius 3 is 2.61 bits per heavy atom. The minimum atomic E-state index is -0.0622. The van der Waals surface area contributed by atoms with Gasteiger partial charge in [-0.25, -0.2) is 9.48 Å². The Balaban J connectivity index is 1.32. The molecular weight excluding hydrogens is 352 g/mol. The second-order valence-electron chi connectivity index (χ2n) is 6.54. The van der Waals surface area contributed by atoms with Crippen LogP contribution in [-0.4, -0.2) is 47.5 Å². The van der Waals surface area contributed by atoms with Crippen molar-refractivity contribution >= 4 is 6.03 Å². The van der Waals surface area contributed by atoms with Gasteiger partial charge in [0.2, 0.25) is 0 Å². The van der Waals surface area contributed by atoms with E-state index in [2.05, 4.69) is 22.5 Å². The van der Waals surface area contributed by atoms with Crippen LogP contribution < -0.4 is 10.1 Å². The summed E-state index contributed by atoms with van der Waals surface area (Å²) in [5.41, 5.74) is 2.20. The predicted octanol–water partition coefficient (Wildman–Crippen LogP) is 3.53. The van der Waals surface area contributed by atoms with Gasteiger partial charge in [-0.3, -0.25) is 0 Å². The molecule has 0 spiro atoms. The highest BCUT2D eigenvalue weighted by Gasteiger charge is 2.07. The number of hydrogen-bond donors (Lipinski definition) is 1. The lowest BCUT2D eigenvalue weighted by molar-refractivity contribution is 0.203. The van der Waals surface area contributed by atoms with E-state index in [1.54, 1.807) is 18.1 Å². The van der Waals surface area contributed by atoms with Gasteiger partial charge >= 0.3 is 6.03 Å². The molecule has 28 heavy (non-hydrogen) atoms. The number of hydrogen-bond acceptors (Lipinski definition) is 3. The molecule has 0 aliphatic carbocycles. The lowest BCUT2D eigenvalue weighted by Crippen LogP contribution is -2.39. The molecule has 1 N–H and O–H groups in total. The number of carbonyl (C=O) groups excluding carboxylic acids is 1. The Kier molecular flexibility index (Phi) is 7.07. The molecule has 3 aromatic rings. The summed E-state index contributed by atoms with van der Waals surface area (Å²) in [6.45, 7) is 1.84. The molecule has 6 nitrogen and oxygen atoms in total. The summed E-state index contributed by atoms with van der Waals surface area (Å²) >= 11 is 0. The number of para-hydroxylation sites is 1. The summed E-state index contributed by atoms with van der Waals surface area (Å²) in [5, 5.41) is 7.17. The molecule has 0 saturated heterocycles. The third-order valence-electron chi connectivity index (χ3n) is 4.39. The predicted molar refractivity (Wildman–Crippen MR) is 110 cm³/mol. The fourth-order valence-corrected chi connectivity index (χ4v) is 2.80. The van der Waals surface area contributed by atoms with E-state index in [-0.39, 0.29) is 6.03 Å². The molecule has 2 aromatic carbocycles. The maximum atomic E-state index is 12.2. The van der Waals surface area contributed by atoms with Gasteiger partial charge in [0.1, 0.15) is 5.75 Å². The molecular formula is C22H26N4O2. The van der Waals surface area contributed by atoms with Crippen LogP contribution in [0.1, 0.15) is 12.0 Å². The molecule has 0 fully saturated rings. The topological polar surface area (TPSA) is 59.4 Å². The molecule has 0 atom stereocenters. The second-order valence-corrected chi connectivity index (χ2v) is 6.54. The Bertz CT molecular complexity index is 833. The zero-order valence-corrected chi connectivity index (χ0v) is 16.1. The van der Waals surface area contributed by atoms with Crippen molar-refractivity contribution in [2.45, 2.75) is 12.8 Å².